The van der Waals surface area contributed by atoms with E-state index in [1.54, 1.807) is 12.3 Å². The number of aromatic nitrogens is 1. The van der Waals surface area contributed by atoms with E-state index in [-0.39, 0.29) is 5.91 Å². The molecule has 4 nitrogen and oxygen atoms in total. The van der Waals surface area contributed by atoms with Gasteiger partial charge < -0.3 is 10.1 Å². The molecule has 104 valence electrons. The predicted octanol–water partition coefficient (Wildman–Crippen LogP) is 3.69. The summed E-state index contributed by atoms with van der Waals surface area (Å²) in [6, 6.07) is 7.09. The Morgan fingerprint density at radius 1 is 1.40 bits per heavy atom. The zero-order chi connectivity index (χ0) is 14.5. The first-order valence-corrected chi connectivity index (χ1v) is 6.64. The highest BCUT2D eigenvalue weighted by Crippen LogP contribution is 2.23. The molecule has 1 aromatic heterocycles. The second-order valence-corrected chi connectivity index (χ2v) is 4.63. The lowest BCUT2D eigenvalue weighted by molar-refractivity contribution is 0.102. The highest BCUT2D eigenvalue weighted by molar-refractivity contribution is 6.34. The van der Waals surface area contributed by atoms with Crippen LogP contribution in [-0.4, -0.2) is 17.5 Å². The van der Waals surface area contributed by atoms with Gasteiger partial charge in [0.1, 0.15) is 5.75 Å². The molecule has 1 N–H and O–H groups in total. The molecule has 0 fully saturated rings. The van der Waals surface area contributed by atoms with Gasteiger partial charge in [0.05, 0.1) is 17.2 Å². The molecule has 5 heteroatoms. The number of aryl methyl sites for hydroxylation is 1. The van der Waals surface area contributed by atoms with Gasteiger partial charge in [0.2, 0.25) is 0 Å². The first-order chi connectivity index (χ1) is 9.61. The van der Waals surface area contributed by atoms with Crippen LogP contribution in [0.3, 0.4) is 0 Å². The van der Waals surface area contributed by atoms with Crippen LogP contribution in [0.1, 0.15) is 22.8 Å². The summed E-state index contributed by atoms with van der Waals surface area (Å²) < 4.78 is 5.41. The van der Waals surface area contributed by atoms with Crippen molar-refractivity contribution < 1.29 is 9.53 Å². The first-order valence-electron chi connectivity index (χ1n) is 6.26. The Morgan fingerprint density at radius 2 is 2.20 bits per heavy atom. The number of pyridine rings is 1. The largest absolute Gasteiger partial charge is 0.494 e. The van der Waals surface area contributed by atoms with E-state index in [4.69, 9.17) is 16.3 Å². The standard InChI is InChI=1S/C15H15ClN2O2/c1-3-20-11-4-5-14(10(2)8-11)18-15(19)12-9-17-7-6-13(12)16/h4-9H,3H2,1-2H3,(H,18,19). The minimum absolute atomic E-state index is 0.282. The molecule has 20 heavy (non-hydrogen) atoms. The summed E-state index contributed by atoms with van der Waals surface area (Å²) in [6.45, 7) is 4.44. The van der Waals surface area contributed by atoms with Crippen LogP contribution >= 0.6 is 11.6 Å². The first kappa shape index (κ1) is 14.3. The van der Waals surface area contributed by atoms with Crippen molar-refractivity contribution in [3.63, 3.8) is 0 Å². The van der Waals surface area contributed by atoms with Gasteiger partial charge in [0.15, 0.2) is 0 Å². The number of carbonyl (C=O) groups is 1. The van der Waals surface area contributed by atoms with Gasteiger partial charge in [-0.05, 0) is 43.7 Å². The molecule has 0 aliphatic heterocycles. The van der Waals surface area contributed by atoms with Gasteiger partial charge in [-0.3, -0.25) is 9.78 Å². The van der Waals surface area contributed by atoms with Crippen molar-refractivity contribution in [3.8, 4) is 5.75 Å². The Kier molecular flexibility index (Phi) is 4.58. The molecule has 0 saturated carbocycles. The molecule has 2 rings (SSSR count). The Labute approximate surface area is 122 Å². The molecule has 1 amide bonds. The number of amides is 1. The third kappa shape index (κ3) is 3.27. The molecule has 0 atom stereocenters. The van der Waals surface area contributed by atoms with E-state index in [9.17, 15) is 4.79 Å². The number of hydrogen-bond acceptors (Lipinski definition) is 3. The van der Waals surface area contributed by atoms with E-state index in [2.05, 4.69) is 10.3 Å². The van der Waals surface area contributed by atoms with E-state index >= 15 is 0 Å². The van der Waals surface area contributed by atoms with Gasteiger partial charge >= 0.3 is 0 Å². The SMILES string of the molecule is CCOc1ccc(NC(=O)c2cnccc2Cl)c(C)c1. The summed E-state index contributed by atoms with van der Waals surface area (Å²) in [7, 11) is 0. The van der Waals surface area contributed by atoms with Crippen LogP contribution < -0.4 is 10.1 Å². The molecule has 0 unspecified atom stereocenters. The number of nitrogens with one attached hydrogen (secondary N) is 1. The lowest BCUT2D eigenvalue weighted by Crippen LogP contribution is -2.13. The zero-order valence-electron chi connectivity index (χ0n) is 11.3. The van der Waals surface area contributed by atoms with Crippen LogP contribution in [0.25, 0.3) is 0 Å². The molecular weight excluding hydrogens is 276 g/mol. The number of ether oxygens (including phenoxy) is 1. The third-order valence-electron chi connectivity index (χ3n) is 2.77. The molecule has 1 heterocycles. The molecule has 0 saturated heterocycles. The van der Waals surface area contributed by atoms with Gasteiger partial charge in [0.25, 0.3) is 5.91 Å². The van der Waals surface area contributed by atoms with Crippen molar-refractivity contribution in [1.82, 2.24) is 4.98 Å². The Hall–Kier alpha value is -2.07. The number of anilines is 1. The van der Waals surface area contributed by atoms with Gasteiger partial charge in [-0.25, -0.2) is 0 Å². The minimum atomic E-state index is -0.282. The van der Waals surface area contributed by atoms with E-state index in [1.165, 1.54) is 6.20 Å². The normalized spacial score (nSPS) is 10.2. The second kappa shape index (κ2) is 6.39. The van der Waals surface area contributed by atoms with E-state index in [1.807, 2.05) is 32.0 Å². The quantitative estimate of drug-likeness (QED) is 0.934. The number of benzene rings is 1. The predicted molar refractivity (Wildman–Crippen MR) is 79.5 cm³/mol. The average Bonchev–Trinajstić information content (AvgIpc) is 2.42. The summed E-state index contributed by atoms with van der Waals surface area (Å²) in [6.07, 6.45) is 2.99. The Balaban J connectivity index is 2.18. The fourth-order valence-corrected chi connectivity index (χ4v) is 1.96. The third-order valence-corrected chi connectivity index (χ3v) is 3.10. The van der Waals surface area contributed by atoms with Gasteiger partial charge in [-0.15, -0.1) is 0 Å². The lowest BCUT2D eigenvalue weighted by Gasteiger charge is -2.11. The fraction of sp³-hybridized carbons (Fsp3) is 0.200. The zero-order valence-corrected chi connectivity index (χ0v) is 12.1. The summed E-state index contributed by atoms with van der Waals surface area (Å²) in [4.78, 5) is 16.0. The Bertz CT molecular complexity index is 629. The highest BCUT2D eigenvalue weighted by Gasteiger charge is 2.11. The van der Waals surface area contributed by atoms with Crippen molar-refractivity contribution in [1.29, 1.82) is 0 Å². The van der Waals surface area contributed by atoms with Crippen LogP contribution in [0.4, 0.5) is 5.69 Å². The molecule has 0 aliphatic carbocycles. The van der Waals surface area contributed by atoms with Crippen LogP contribution in [0.15, 0.2) is 36.7 Å². The summed E-state index contributed by atoms with van der Waals surface area (Å²) >= 11 is 5.97. The van der Waals surface area contributed by atoms with Crippen LogP contribution in [-0.2, 0) is 0 Å². The molecule has 1 aromatic carbocycles. The lowest BCUT2D eigenvalue weighted by atomic mass is 10.1. The van der Waals surface area contributed by atoms with Crippen LogP contribution in [0, 0.1) is 6.92 Å². The minimum Gasteiger partial charge on any atom is -0.494 e. The number of halogens is 1. The van der Waals surface area contributed by atoms with E-state index < -0.39 is 0 Å². The molecule has 2 aromatic rings. The van der Waals surface area contributed by atoms with Gasteiger partial charge in [-0.1, -0.05) is 11.6 Å². The van der Waals surface area contributed by atoms with E-state index in [0.717, 1.165) is 17.0 Å². The number of rotatable bonds is 4. The van der Waals surface area contributed by atoms with Crippen LogP contribution in [0.5, 0.6) is 5.75 Å². The highest BCUT2D eigenvalue weighted by atomic mass is 35.5. The van der Waals surface area contributed by atoms with Crippen molar-refractivity contribution in [2.24, 2.45) is 0 Å². The molecule has 0 aliphatic rings. The maximum atomic E-state index is 12.1. The summed E-state index contributed by atoms with van der Waals surface area (Å²) in [5.74, 6) is 0.498. The summed E-state index contributed by atoms with van der Waals surface area (Å²) in [5, 5.41) is 3.19. The van der Waals surface area contributed by atoms with Crippen molar-refractivity contribution in [2.75, 3.05) is 11.9 Å². The average molecular weight is 291 g/mol. The van der Waals surface area contributed by atoms with Gasteiger partial charge in [0, 0.05) is 18.1 Å². The maximum Gasteiger partial charge on any atom is 0.258 e. The van der Waals surface area contributed by atoms with Crippen LogP contribution in [0.2, 0.25) is 5.02 Å². The number of carbonyl (C=O) groups excluding carboxylic acids is 1. The van der Waals surface area contributed by atoms with E-state index in [0.29, 0.717) is 17.2 Å². The topological polar surface area (TPSA) is 51.2 Å². The molecule has 0 bridgehead atoms. The maximum absolute atomic E-state index is 12.1. The van der Waals surface area contributed by atoms with Gasteiger partial charge in [-0.2, -0.15) is 0 Å². The number of hydrogen-bond donors (Lipinski definition) is 1. The fourth-order valence-electron chi connectivity index (χ4n) is 1.77. The molecule has 0 radical (unpaired) electrons. The second-order valence-electron chi connectivity index (χ2n) is 4.22. The van der Waals surface area contributed by atoms with Crippen molar-refractivity contribution in [3.05, 3.63) is 52.8 Å². The Morgan fingerprint density at radius 3 is 2.85 bits per heavy atom. The molecule has 0 spiro atoms. The monoisotopic (exact) mass is 290 g/mol. The van der Waals surface area contributed by atoms with Crippen molar-refractivity contribution >= 4 is 23.2 Å². The smallest absolute Gasteiger partial charge is 0.258 e. The number of nitrogens with zero attached hydrogens (tertiary/aromatic N) is 1. The summed E-state index contributed by atoms with van der Waals surface area (Å²) in [5.41, 5.74) is 1.99. The molecular formula is C15H15ClN2O2. The van der Waals surface area contributed by atoms with Crippen molar-refractivity contribution in [2.45, 2.75) is 13.8 Å².